The summed E-state index contributed by atoms with van der Waals surface area (Å²) in [6.45, 7) is 0. The van der Waals surface area contributed by atoms with E-state index in [2.05, 4.69) is 5.32 Å². The number of thiophene rings is 1. The van der Waals surface area contributed by atoms with Gasteiger partial charge in [0.05, 0.1) is 30.1 Å². The molecule has 1 N–H and O–H groups in total. The third-order valence-electron chi connectivity index (χ3n) is 3.55. The Kier molecular flexibility index (Phi) is 3.77. The Morgan fingerprint density at radius 3 is 2.68 bits per heavy atom. The van der Waals surface area contributed by atoms with Gasteiger partial charge in [0.1, 0.15) is 17.2 Å². The number of nitrogens with zero attached hydrogens (tertiary/aromatic N) is 1. The number of aromatic nitrogens is 1. The predicted octanol–water partition coefficient (Wildman–Crippen LogP) is 3.51. The van der Waals surface area contributed by atoms with Crippen molar-refractivity contribution in [3.63, 3.8) is 0 Å². The van der Waals surface area contributed by atoms with Crippen LogP contribution < -0.4 is 14.8 Å². The van der Waals surface area contributed by atoms with Crippen molar-refractivity contribution in [3.8, 4) is 11.5 Å². The first-order valence-electron chi connectivity index (χ1n) is 6.70. The number of carbonyl (C=O) groups is 1. The Morgan fingerprint density at radius 1 is 1.18 bits per heavy atom. The van der Waals surface area contributed by atoms with Gasteiger partial charge in [-0.3, -0.25) is 4.79 Å². The van der Waals surface area contributed by atoms with E-state index in [0.717, 1.165) is 10.2 Å². The van der Waals surface area contributed by atoms with Crippen LogP contribution in [-0.4, -0.2) is 24.7 Å². The summed E-state index contributed by atoms with van der Waals surface area (Å²) >= 11 is 1.62. The number of amides is 1. The monoisotopic (exact) mass is 316 g/mol. The van der Waals surface area contributed by atoms with Gasteiger partial charge >= 0.3 is 0 Å². The molecule has 0 bridgehead atoms. The first kappa shape index (κ1) is 14.5. The van der Waals surface area contributed by atoms with Crippen molar-refractivity contribution in [1.82, 2.24) is 4.57 Å². The lowest BCUT2D eigenvalue weighted by Gasteiger charge is -2.12. The lowest BCUT2D eigenvalue weighted by molar-refractivity contribution is 0.101. The average Bonchev–Trinajstić information content (AvgIpc) is 3.11. The molecule has 0 spiro atoms. The molecule has 2 aromatic heterocycles. The number of nitrogens with one attached hydrogen (secondary N) is 1. The lowest BCUT2D eigenvalue weighted by Crippen LogP contribution is -2.16. The van der Waals surface area contributed by atoms with Crippen molar-refractivity contribution in [1.29, 1.82) is 0 Å². The maximum atomic E-state index is 12.5. The predicted molar refractivity (Wildman–Crippen MR) is 88.3 cm³/mol. The number of methoxy groups -OCH3 is 2. The van der Waals surface area contributed by atoms with E-state index in [1.54, 1.807) is 43.8 Å². The fraction of sp³-hybridized carbons (Fsp3) is 0.188. The molecule has 0 saturated heterocycles. The minimum Gasteiger partial charge on any atom is -0.497 e. The molecular formula is C16H16N2O3S. The largest absolute Gasteiger partial charge is 0.497 e. The van der Waals surface area contributed by atoms with Gasteiger partial charge in [0, 0.05) is 13.1 Å². The van der Waals surface area contributed by atoms with Crippen molar-refractivity contribution < 1.29 is 14.3 Å². The van der Waals surface area contributed by atoms with E-state index in [1.165, 1.54) is 0 Å². The number of rotatable bonds is 4. The molecule has 0 atom stereocenters. The first-order valence-corrected chi connectivity index (χ1v) is 7.58. The second-order valence-corrected chi connectivity index (χ2v) is 5.73. The molecule has 114 valence electrons. The summed E-state index contributed by atoms with van der Waals surface area (Å²) in [5, 5.41) is 4.90. The normalized spacial score (nSPS) is 10.7. The molecule has 3 rings (SSSR count). The highest BCUT2D eigenvalue weighted by molar-refractivity contribution is 7.17. The van der Waals surface area contributed by atoms with Gasteiger partial charge in [0.2, 0.25) is 0 Å². The zero-order chi connectivity index (χ0) is 15.7. The summed E-state index contributed by atoms with van der Waals surface area (Å²) < 4.78 is 13.4. The molecule has 0 aliphatic carbocycles. The number of ether oxygens (including phenoxy) is 2. The minimum absolute atomic E-state index is 0.172. The molecule has 22 heavy (non-hydrogen) atoms. The topological polar surface area (TPSA) is 52.5 Å². The van der Waals surface area contributed by atoms with Crippen LogP contribution in [0.2, 0.25) is 0 Å². The highest BCUT2D eigenvalue weighted by atomic mass is 32.1. The van der Waals surface area contributed by atoms with Crippen LogP contribution in [0.1, 0.15) is 10.5 Å². The van der Waals surface area contributed by atoms with Crippen LogP contribution in [0.25, 0.3) is 10.2 Å². The number of fused-ring (bicyclic) bond motifs is 1. The van der Waals surface area contributed by atoms with Crippen LogP contribution >= 0.6 is 11.3 Å². The van der Waals surface area contributed by atoms with E-state index in [9.17, 15) is 4.79 Å². The Labute approximate surface area is 132 Å². The molecule has 5 nitrogen and oxygen atoms in total. The number of aryl methyl sites for hydroxylation is 1. The first-order chi connectivity index (χ1) is 10.6. The quantitative estimate of drug-likeness (QED) is 0.801. The fourth-order valence-electron chi connectivity index (χ4n) is 2.36. The second kappa shape index (κ2) is 5.73. The highest BCUT2D eigenvalue weighted by Gasteiger charge is 2.16. The summed E-state index contributed by atoms with van der Waals surface area (Å²) in [7, 11) is 5.03. The third kappa shape index (κ3) is 2.42. The van der Waals surface area contributed by atoms with Gasteiger partial charge in [-0.05, 0) is 29.6 Å². The number of anilines is 1. The smallest absolute Gasteiger partial charge is 0.272 e. The van der Waals surface area contributed by atoms with Crippen LogP contribution in [0.15, 0.2) is 35.7 Å². The van der Waals surface area contributed by atoms with E-state index in [0.29, 0.717) is 22.9 Å². The zero-order valence-corrected chi connectivity index (χ0v) is 13.4. The molecular weight excluding hydrogens is 300 g/mol. The van der Waals surface area contributed by atoms with E-state index in [1.807, 2.05) is 29.1 Å². The fourth-order valence-corrected chi connectivity index (χ4v) is 3.21. The maximum absolute atomic E-state index is 12.5. The molecule has 0 saturated carbocycles. The van der Waals surface area contributed by atoms with Crippen LogP contribution in [0.5, 0.6) is 11.5 Å². The van der Waals surface area contributed by atoms with Crippen molar-refractivity contribution in [2.45, 2.75) is 0 Å². The van der Waals surface area contributed by atoms with Gasteiger partial charge in [-0.1, -0.05) is 0 Å². The van der Waals surface area contributed by atoms with Crippen molar-refractivity contribution in [3.05, 3.63) is 41.4 Å². The number of benzene rings is 1. The third-order valence-corrected chi connectivity index (χ3v) is 4.41. The summed E-state index contributed by atoms with van der Waals surface area (Å²) in [6.07, 6.45) is 0. The molecule has 0 fully saturated rings. The maximum Gasteiger partial charge on any atom is 0.272 e. The molecule has 1 aromatic carbocycles. The molecule has 1 amide bonds. The number of hydrogen-bond donors (Lipinski definition) is 1. The van der Waals surface area contributed by atoms with Gasteiger partial charge in [-0.2, -0.15) is 0 Å². The molecule has 2 heterocycles. The van der Waals surface area contributed by atoms with Crippen LogP contribution in [0, 0.1) is 0 Å². The summed E-state index contributed by atoms with van der Waals surface area (Å²) in [6, 6.07) is 9.18. The van der Waals surface area contributed by atoms with E-state index >= 15 is 0 Å². The summed E-state index contributed by atoms with van der Waals surface area (Å²) in [4.78, 5) is 12.5. The Bertz CT molecular complexity index is 835. The lowest BCUT2D eigenvalue weighted by atomic mass is 10.2. The van der Waals surface area contributed by atoms with Crippen molar-refractivity contribution in [2.75, 3.05) is 19.5 Å². The van der Waals surface area contributed by atoms with E-state index in [-0.39, 0.29) is 5.91 Å². The average molecular weight is 316 g/mol. The summed E-state index contributed by atoms with van der Waals surface area (Å²) in [5.74, 6) is 1.06. The standard InChI is InChI=1S/C16H16N2O3S/c1-18-12-6-7-22-15(12)9-13(18)16(19)17-11-5-4-10(20-2)8-14(11)21-3/h4-9H,1-3H3,(H,17,19). The number of hydrogen-bond acceptors (Lipinski definition) is 4. The van der Waals surface area contributed by atoms with Gasteiger partial charge < -0.3 is 19.4 Å². The molecule has 6 heteroatoms. The van der Waals surface area contributed by atoms with Gasteiger partial charge in [0.15, 0.2) is 0 Å². The van der Waals surface area contributed by atoms with E-state index in [4.69, 9.17) is 9.47 Å². The van der Waals surface area contributed by atoms with Crippen molar-refractivity contribution in [2.24, 2.45) is 7.05 Å². The molecule has 0 aliphatic rings. The Balaban J connectivity index is 1.90. The van der Waals surface area contributed by atoms with Gasteiger partial charge in [-0.15, -0.1) is 11.3 Å². The summed E-state index contributed by atoms with van der Waals surface area (Å²) in [5.41, 5.74) is 2.27. The second-order valence-electron chi connectivity index (χ2n) is 4.78. The number of carbonyl (C=O) groups excluding carboxylic acids is 1. The van der Waals surface area contributed by atoms with Crippen molar-refractivity contribution >= 4 is 33.1 Å². The Hall–Kier alpha value is -2.47. The molecule has 0 unspecified atom stereocenters. The molecule has 3 aromatic rings. The van der Waals surface area contributed by atoms with Gasteiger partial charge in [-0.25, -0.2) is 0 Å². The Morgan fingerprint density at radius 2 is 2.00 bits per heavy atom. The van der Waals surface area contributed by atoms with E-state index < -0.39 is 0 Å². The molecule has 0 aliphatic heterocycles. The highest BCUT2D eigenvalue weighted by Crippen LogP contribution is 2.30. The minimum atomic E-state index is -0.172. The van der Waals surface area contributed by atoms with Gasteiger partial charge in [0.25, 0.3) is 5.91 Å². The van der Waals surface area contributed by atoms with Crippen LogP contribution in [0.3, 0.4) is 0 Å². The SMILES string of the molecule is COc1ccc(NC(=O)c2cc3sccc3n2C)c(OC)c1. The molecule has 0 radical (unpaired) electrons. The van der Waals surface area contributed by atoms with Crippen LogP contribution in [-0.2, 0) is 7.05 Å². The van der Waals surface area contributed by atoms with Crippen LogP contribution in [0.4, 0.5) is 5.69 Å². The zero-order valence-electron chi connectivity index (χ0n) is 12.5.